The van der Waals surface area contributed by atoms with Crippen molar-refractivity contribution in [3.8, 4) is 5.75 Å². The van der Waals surface area contributed by atoms with Gasteiger partial charge in [0.1, 0.15) is 11.6 Å². The Balaban J connectivity index is 2.54. The molecule has 2 aromatic rings. The molecule has 0 spiro atoms. The van der Waals surface area contributed by atoms with Gasteiger partial charge in [-0.25, -0.2) is 9.18 Å². The van der Waals surface area contributed by atoms with Gasteiger partial charge in [-0.3, -0.25) is 4.79 Å². The van der Waals surface area contributed by atoms with Crippen LogP contribution in [-0.4, -0.2) is 26.1 Å². The largest absolute Gasteiger partial charge is 0.497 e. The lowest BCUT2D eigenvalue weighted by Gasteiger charge is -2.17. The number of anilines is 1. The van der Waals surface area contributed by atoms with Crippen LogP contribution in [0.3, 0.4) is 0 Å². The van der Waals surface area contributed by atoms with E-state index in [1.807, 2.05) is 0 Å². The molecule has 0 aliphatic heterocycles. The Morgan fingerprint density at radius 2 is 1.58 bits per heavy atom. The molecule has 0 aromatic heterocycles. The van der Waals surface area contributed by atoms with Crippen molar-refractivity contribution in [1.82, 2.24) is 5.32 Å². The molecule has 0 radical (unpaired) electrons. The predicted octanol–water partition coefficient (Wildman–Crippen LogP) is 2.92. The fourth-order valence-electron chi connectivity index (χ4n) is 2.21. The van der Waals surface area contributed by atoms with Crippen LogP contribution in [0.15, 0.2) is 54.2 Å². The Morgan fingerprint density at radius 1 is 0.962 bits per heavy atom. The van der Waals surface area contributed by atoms with E-state index in [4.69, 9.17) is 9.47 Å². The number of methoxy groups -OCH3 is 2. The van der Waals surface area contributed by atoms with Gasteiger partial charge in [0.15, 0.2) is 5.70 Å². The molecular formula is C19H19FN2O4. The molecule has 7 heteroatoms. The average molecular weight is 358 g/mol. The van der Waals surface area contributed by atoms with Gasteiger partial charge < -0.3 is 20.1 Å². The van der Waals surface area contributed by atoms with Crippen molar-refractivity contribution in [2.24, 2.45) is 0 Å². The fourth-order valence-corrected chi connectivity index (χ4v) is 2.21. The van der Waals surface area contributed by atoms with Crippen molar-refractivity contribution in [2.75, 3.05) is 19.5 Å². The lowest BCUT2D eigenvalue weighted by molar-refractivity contribution is -0.137. The highest BCUT2D eigenvalue weighted by Crippen LogP contribution is 2.24. The van der Waals surface area contributed by atoms with Gasteiger partial charge in [-0.1, -0.05) is 0 Å². The normalized spacial score (nSPS) is 11.2. The third-order valence-corrected chi connectivity index (χ3v) is 3.43. The first-order valence-electron chi connectivity index (χ1n) is 7.71. The van der Waals surface area contributed by atoms with E-state index >= 15 is 0 Å². The lowest BCUT2D eigenvalue weighted by Crippen LogP contribution is -2.28. The van der Waals surface area contributed by atoms with Gasteiger partial charge in [0.05, 0.1) is 19.9 Å². The molecule has 0 atom stereocenters. The number of halogens is 1. The predicted molar refractivity (Wildman–Crippen MR) is 95.8 cm³/mol. The summed E-state index contributed by atoms with van der Waals surface area (Å²) in [4.78, 5) is 23.7. The van der Waals surface area contributed by atoms with Crippen molar-refractivity contribution in [3.63, 3.8) is 0 Å². The third kappa shape index (κ3) is 4.83. The Hall–Kier alpha value is -3.35. The van der Waals surface area contributed by atoms with Crippen LogP contribution in [0, 0.1) is 5.82 Å². The molecule has 2 aromatic carbocycles. The molecule has 26 heavy (non-hydrogen) atoms. The zero-order valence-corrected chi connectivity index (χ0v) is 14.6. The molecule has 0 saturated heterocycles. The molecular weight excluding hydrogens is 339 g/mol. The van der Waals surface area contributed by atoms with Gasteiger partial charge in [-0.15, -0.1) is 0 Å². The summed E-state index contributed by atoms with van der Waals surface area (Å²) < 4.78 is 23.2. The second-order valence-electron chi connectivity index (χ2n) is 5.28. The molecule has 0 unspecified atom stereocenters. The van der Waals surface area contributed by atoms with E-state index in [0.29, 0.717) is 17.0 Å². The van der Waals surface area contributed by atoms with Crippen LogP contribution in [-0.2, 0) is 14.3 Å². The van der Waals surface area contributed by atoms with Crippen LogP contribution >= 0.6 is 0 Å². The van der Waals surface area contributed by atoms with Crippen LogP contribution in [0.5, 0.6) is 5.75 Å². The first-order valence-corrected chi connectivity index (χ1v) is 7.71. The molecule has 1 amide bonds. The lowest BCUT2D eigenvalue weighted by atomic mass is 10.1. The number of rotatable bonds is 6. The maximum Gasteiger partial charge on any atom is 0.356 e. The molecule has 0 fully saturated rings. The second kappa shape index (κ2) is 8.66. The van der Waals surface area contributed by atoms with Crippen molar-refractivity contribution >= 4 is 23.3 Å². The zero-order chi connectivity index (χ0) is 19.1. The quantitative estimate of drug-likeness (QED) is 0.613. The maximum atomic E-state index is 13.3. The number of nitrogens with one attached hydrogen (secondary N) is 2. The van der Waals surface area contributed by atoms with Crippen LogP contribution < -0.4 is 15.4 Å². The molecule has 0 heterocycles. The van der Waals surface area contributed by atoms with Gasteiger partial charge in [-0.05, 0) is 48.5 Å². The SMILES string of the molecule is COC(=O)/C(NC(C)=O)=C(\Nc1ccc(OC)cc1)c1ccc(F)cc1. The van der Waals surface area contributed by atoms with E-state index in [0.717, 1.165) is 0 Å². The van der Waals surface area contributed by atoms with Crippen molar-refractivity contribution < 1.29 is 23.5 Å². The summed E-state index contributed by atoms with van der Waals surface area (Å²) in [5.74, 6) is -0.934. The van der Waals surface area contributed by atoms with Gasteiger partial charge >= 0.3 is 5.97 Å². The molecule has 0 aliphatic carbocycles. The summed E-state index contributed by atoms with van der Waals surface area (Å²) in [5, 5.41) is 5.54. The van der Waals surface area contributed by atoms with Crippen LogP contribution in [0.2, 0.25) is 0 Å². The number of hydrogen-bond acceptors (Lipinski definition) is 5. The summed E-state index contributed by atoms with van der Waals surface area (Å²) in [6.45, 7) is 1.28. The summed E-state index contributed by atoms with van der Waals surface area (Å²) in [6.07, 6.45) is 0. The molecule has 2 rings (SSSR count). The fraction of sp³-hybridized carbons (Fsp3) is 0.158. The molecule has 0 aliphatic rings. The topological polar surface area (TPSA) is 76.7 Å². The highest BCUT2D eigenvalue weighted by atomic mass is 19.1. The number of ether oxygens (including phenoxy) is 2. The second-order valence-corrected chi connectivity index (χ2v) is 5.28. The Morgan fingerprint density at radius 3 is 2.08 bits per heavy atom. The Kier molecular flexibility index (Phi) is 6.32. The van der Waals surface area contributed by atoms with Crippen LogP contribution in [0.25, 0.3) is 5.70 Å². The van der Waals surface area contributed by atoms with E-state index in [-0.39, 0.29) is 11.4 Å². The van der Waals surface area contributed by atoms with Gasteiger partial charge in [0.25, 0.3) is 0 Å². The molecule has 0 saturated carbocycles. The minimum atomic E-state index is -0.736. The third-order valence-electron chi connectivity index (χ3n) is 3.43. The van der Waals surface area contributed by atoms with Gasteiger partial charge in [-0.2, -0.15) is 0 Å². The Labute approximate surface area is 150 Å². The highest BCUT2D eigenvalue weighted by Gasteiger charge is 2.19. The number of amides is 1. The first kappa shape index (κ1) is 19.0. The standard InChI is InChI=1S/C19H19FN2O4/c1-12(23)21-18(19(24)26-3)17(13-4-6-14(20)7-5-13)22-15-8-10-16(25-2)11-9-15/h4-11,22H,1-3H3,(H,21,23)/b18-17+. The van der Waals surface area contributed by atoms with Crippen LogP contribution in [0.1, 0.15) is 12.5 Å². The van der Waals surface area contributed by atoms with E-state index < -0.39 is 17.7 Å². The zero-order valence-electron chi connectivity index (χ0n) is 14.6. The number of hydrogen-bond donors (Lipinski definition) is 2. The number of carbonyl (C=O) groups excluding carboxylic acids is 2. The summed E-state index contributed by atoms with van der Waals surface area (Å²) in [6, 6.07) is 12.5. The van der Waals surface area contributed by atoms with E-state index in [1.54, 1.807) is 31.4 Å². The Bertz CT molecular complexity index is 814. The number of carbonyl (C=O) groups is 2. The van der Waals surface area contributed by atoms with Gasteiger partial charge in [0, 0.05) is 18.2 Å². The van der Waals surface area contributed by atoms with Crippen LogP contribution in [0.4, 0.5) is 10.1 Å². The number of benzene rings is 2. The maximum absolute atomic E-state index is 13.3. The minimum Gasteiger partial charge on any atom is -0.497 e. The summed E-state index contributed by atoms with van der Waals surface area (Å²) in [5.41, 5.74) is 1.33. The van der Waals surface area contributed by atoms with E-state index in [1.165, 1.54) is 38.3 Å². The molecule has 0 bridgehead atoms. The summed E-state index contributed by atoms with van der Waals surface area (Å²) in [7, 11) is 2.76. The minimum absolute atomic E-state index is 0.0811. The van der Waals surface area contributed by atoms with Crippen molar-refractivity contribution in [3.05, 3.63) is 65.6 Å². The monoisotopic (exact) mass is 358 g/mol. The average Bonchev–Trinajstić information content (AvgIpc) is 2.65. The smallest absolute Gasteiger partial charge is 0.356 e. The summed E-state index contributed by atoms with van der Waals surface area (Å²) >= 11 is 0. The van der Waals surface area contributed by atoms with Crippen molar-refractivity contribution in [2.45, 2.75) is 6.92 Å². The van der Waals surface area contributed by atoms with Gasteiger partial charge in [0.2, 0.25) is 5.91 Å². The number of esters is 1. The molecule has 6 nitrogen and oxygen atoms in total. The first-order chi connectivity index (χ1) is 12.4. The highest BCUT2D eigenvalue weighted by molar-refractivity contribution is 6.02. The molecule has 2 N–H and O–H groups in total. The molecule has 136 valence electrons. The van der Waals surface area contributed by atoms with E-state index in [9.17, 15) is 14.0 Å². The van der Waals surface area contributed by atoms with E-state index in [2.05, 4.69) is 10.6 Å². The van der Waals surface area contributed by atoms with Crippen molar-refractivity contribution in [1.29, 1.82) is 0 Å².